The van der Waals surface area contributed by atoms with Gasteiger partial charge in [0.1, 0.15) is 24.0 Å². The number of hydrogen-bond donors (Lipinski definition) is 0. The van der Waals surface area contributed by atoms with Crippen molar-refractivity contribution in [1.29, 1.82) is 0 Å². The summed E-state index contributed by atoms with van der Waals surface area (Å²) in [5.74, 6) is 0.720. The van der Waals surface area contributed by atoms with E-state index >= 15 is 0 Å². The smallest absolute Gasteiger partial charge is 0.137 e. The molecule has 0 fully saturated rings. The van der Waals surface area contributed by atoms with E-state index in [0.29, 0.717) is 38.9 Å². The molecule has 1 aliphatic rings. The van der Waals surface area contributed by atoms with Gasteiger partial charge in [0.2, 0.25) is 0 Å². The monoisotopic (exact) mass is 762 g/mol. The zero-order valence-corrected chi connectivity index (χ0v) is 32.2. The average molecular weight is 763 g/mol. The third kappa shape index (κ3) is 6.25. The number of aryl methyl sites for hydroxylation is 1. The molecule has 3 heterocycles. The number of aromatic nitrogens is 2. The molecule has 58 heavy (non-hydrogen) atoms. The maximum Gasteiger partial charge on any atom is 0.137 e. The quantitative estimate of drug-likeness (QED) is 0.162. The standard InChI is InChI=1S/C53H44N4O/c1-36-30-45(37-16-7-5-8-17-37)52(46(31-36)38-18-9-6-10-19-38)56-35-55(48-24-13-14-25-49(48)56)40-20-15-21-41(33-40)58-42-26-27-44-43-22-11-12-23-47(43)57(50(44)34-42)51-32-39(28-29-54-51)53(2,3)4/h5-34H,35H2,1-4H3/i1D3,11D,12D,15D,20D,21D,22D,23D. The van der Waals surface area contributed by atoms with Crippen molar-refractivity contribution in [2.45, 2.75) is 33.0 Å². The number of rotatable bonds is 7. The summed E-state index contributed by atoms with van der Waals surface area (Å²) in [6.07, 6.45) is 1.68. The number of para-hydroxylation sites is 3. The summed E-state index contributed by atoms with van der Waals surface area (Å²) in [4.78, 5) is 8.69. The van der Waals surface area contributed by atoms with Crippen LogP contribution in [0.2, 0.25) is 0 Å². The van der Waals surface area contributed by atoms with Gasteiger partial charge in [-0.05, 0) is 101 Å². The van der Waals surface area contributed by atoms with Crippen LogP contribution in [0, 0.1) is 6.85 Å². The van der Waals surface area contributed by atoms with Crippen molar-refractivity contribution < 1.29 is 18.4 Å². The minimum absolute atomic E-state index is 0.00743. The Balaban J connectivity index is 1.12. The Hall–Kier alpha value is -7.11. The minimum Gasteiger partial charge on any atom is -0.457 e. The van der Waals surface area contributed by atoms with E-state index in [1.165, 1.54) is 0 Å². The van der Waals surface area contributed by atoms with Crippen molar-refractivity contribution in [3.8, 4) is 39.6 Å². The number of nitrogens with zero attached hydrogens (tertiary/aromatic N) is 4. The van der Waals surface area contributed by atoms with Gasteiger partial charge < -0.3 is 14.5 Å². The Morgan fingerprint density at radius 2 is 1.31 bits per heavy atom. The summed E-state index contributed by atoms with van der Waals surface area (Å²) >= 11 is 0. The Morgan fingerprint density at radius 3 is 2.02 bits per heavy atom. The van der Waals surface area contributed by atoms with Crippen molar-refractivity contribution in [1.82, 2.24) is 9.55 Å². The van der Waals surface area contributed by atoms with E-state index < -0.39 is 6.85 Å². The lowest BCUT2D eigenvalue weighted by molar-refractivity contribution is 0.483. The van der Waals surface area contributed by atoms with Crippen LogP contribution in [0.1, 0.15) is 45.6 Å². The molecule has 0 saturated carbocycles. The second kappa shape index (κ2) is 14.1. The molecular weight excluding hydrogens is 709 g/mol. The van der Waals surface area contributed by atoms with Gasteiger partial charge >= 0.3 is 0 Å². The molecule has 5 nitrogen and oxygen atoms in total. The number of hydrogen-bond acceptors (Lipinski definition) is 4. The van der Waals surface area contributed by atoms with E-state index in [4.69, 9.17) is 17.1 Å². The molecule has 0 amide bonds. The first kappa shape index (κ1) is 25.9. The summed E-state index contributed by atoms with van der Waals surface area (Å²) in [5.41, 5.74) is 7.26. The summed E-state index contributed by atoms with van der Waals surface area (Å²) in [6, 6.07) is 39.0. The predicted octanol–water partition coefficient (Wildman–Crippen LogP) is 14.2. The van der Waals surface area contributed by atoms with Crippen LogP contribution in [0.4, 0.5) is 22.7 Å². The Kier molecular flexibility index (Phi) is 6.31. The van der Waals surface area contributed by atoms with Crippen molar-refractivity contribution in [3.63, 3.8) is 0 Å². The maximum atomic E-state index is 9.31. The average Bonchev–Trinajstić information content (AvgIpc) is 3.89. The van der Waals surface area contributed by atoms with E-state index in [9.17, 15) is 1.37 Å². The van der Waals surface area contributed by atoms with Gasteiger partial charge in [-0.1, -0.05) is 118 Å². The van der Waals surface area contributed by atoms with E-state index in [1.54, 1.807) is 47.2 Å². The molecule has 0 aliphatic carbocycles. The SMILES string of the molecule is [2H]c1c(Oc2ccc3c4c([2H])c([2H])c([2H])c([2H])c4n(-c4cc(C(C)(C)C)ccn4)c3c2)cc(N2CN(c3c(-c4ccccc4)cc(C([2H])([2H])[2H])cc3-c3ccccc3)c3ccccc32)c([2H])c1[2H]. The van der Waals surface area contributed by atoms with Gasteiger partial charge in [-0.25, -0.2) is 4.98 Å². The highest BCUT2D eigenvalue weighted by Gasteiger charge is 2.31. The van der Waals surface area contributed by atoms with Crippen molar-refractivity contribution in [2.24, 2.45) is 0 Å². The van der Waals surface area contributed by atoms with E-state index in [-0.39, 0.29) is 77.0 Å². The van der Waals surface area contributed by atoms with Crippen LogP contribution in [-0.2, 0) is 5.41 Å². The van der Waals surface area contributed by atoms with E-state index in [0.717, 1.165) is 33.8 Å². The Bertz CT molecular complexity index is 3420. The van der Waals surface area contributed by atoms with Crippen LogP contribution in [0.15, 0.2) is 182 Å². The zero-order chi connectivity index (χ0) is 48.0. The Labute approximate surface area is 354 Å². The number of ether oxygens (including phenoxy) is 1. The molecule has 0 atom stereocenters. The van der Waals surface area contributed by atoms with Crippen LogP contribution in [0.5, 0.6) is 11.5 Å². The third-order valence-electron chi connectivity index (χ3n) is 10.7. The molecule has 2 aromatic heterocycles. The second-order valence-corrected chi connectivity index (χ2v) is 15.4. The van der Waals surface area contributed by atoms with Crippen molar-refractivity contribution in [2.75, 3.05) is 16.5 Å². The summed E-state index contributed by atoms with van der Waals surface area (Å²) in [7, 11) is 0. The molecule has 0 N–H and O–H groups in total. The molecule has 282 valence electrons. The van der Waals surface area contributed by atoms with Crippen LogP contribution in [0.25, 0.3) is 49.9 Å². The number of anilines is 4. The van der Waals surface area contributed by atoms with Crippen LogP contribution < -0.4 is 14.5 Å². The molecule has 1 aliphatic heterocycles. The van der Waals surface area contributed by atoms with Gasteiger partial charge in [0.05, 0.1) is 37.7 Å². The fourth-order valence-corrected chi connectivity index (χ4v) is 7.90. The number of fused-ring (bicyclic) bond motifs is 4. The normalized spacial score (nSPS) is 15.4. The zero-order valence-electron chi connectivity index (χ0n) is 42.2. The highest BCUT2D eigenvalue weighted by molar-refractivity contribution is 6.09. The van der Waals surface area contributed by atoms with Gasteiger partial charge in [0, 0.05) is 50.0 Å². The minimum atomic E-state index is -2.40. The van der Waals surface area contributed by atoms with Gasteiger partial charge in [-0.2, -0.15) is 0 Å². The lowest BCUT2D eigenvalue weighted by Gasteiger charge is -2.28. The molecule has 0 unspecified atom stereocenters. The molecule has 0 radical (unpaired) electrons. The molecule has 9 aromatic rings. The first-order chi connectivity index (χ1) is 32.4. The molecule has 0 spiro atoms. The van der Waals surface area contributed by atoms with Crippen molar-refractivity contribution in [3.05, 3.63) is 193 Å². The highest BCUT2D eigenvalue weighted by atomic mass is 16.5. The summed E-state index contributed by atoms with van der Waals surface area (Å²) < 4.78 is 96.3. The fourth-order valence-electron chi connectivity index (χ4n) is 7.90. The topological polar surface area (TPSA) is 33.5 Å². The van der Waals surface area contributed by atoms with Gasteiger partial charge in [0.25, 0.3) is 0 Å². The molecule has 7 aromatic carbocycles. The number of pyridine rings is 1. The molecule has 0 bridgehead atoms. The van der Waals surface area contributed by atoms with Crippen LogP contribution in [0.3, 0.4) is 0 Å². The Morgan fingerprint density at radius 1 is 0.621 bits per heavy atom. The lowest BCUT2D eigenvalue weighted by atomic mass is 9.88. The first-order valence-electron chi connectivity index (χ1n) is 24.2. The predicted molar refractivity (Wildman–Crippen MR) is 241 cm³/mol. The summed E-state index contributed by atoms with van der Waals surface area (Å²) in [6.45, 7) is 3.98. The lowest BCUT2D eigenvalue weighted by Crippen LogP contribution is -2.25. The molecular formula is C53H44N4O. The molecule has 10 rings (SSSR count). The van der Waals surface area contributed by atoms with Gasteiger partial charge in [-0.3, -0.25) is 4.57 Å². The largest absolute Gasteiger partial charge is 0.457 e. The fraction of sp³-hybridized carbons (Fsp3) is 0.113. The first-order valence-corrected chi connectivity index (χ1v) is 19.2. The number of benzene rings is 7. The summed E-state index contributed by atoms with van der Waals surface area (Å²) in [5, 5.41) is 0.870. The second-order valence-electron chi connectivity index (χ2n) is 15.4. The van der Waals surface area contributed by atoms with Crippen LogP contribution in [-0.4, -0.2) is 16.2 Å². The maximum absolute atomic E-state index is 9.31. The molecule has 5 heteroatoms. The van der Waals surface area contributed by atoms with Gasteiger partial charge in [0.15, 0.2) is 0 Å². The third-order valence-corrected chi connectivity index (χ3v) is 10.7. The molecule has 0 saturated heterocycles. The van der Waals surface area contributed by atoms with E-state index in [1.807, 2.05) is 102 Å². The van der Waals surface area contributed by atoms with Gasteiger partial charge in [-0.15, -0.1) is 0 Å². The van der Waals surface area contributed by atoms with Crippen molar-refractivity contribution >= 4 is 44.6 Å². The van der Waals surface area contributed by atoms with E-state index in [2.05, 4.69) is 30.7 Å². The highest BCUT2D eigenvalue weighted by Crippen LogP contribution is 2.50. The van der Waals surface area contributed by atoms with Crippen LogP contribution >= 0.6 is 0 Å².